The highest BCUT2D eigenvalue weighted by Crippen LogP contribution is 2.30. The lowest BCUT2D eigenvalue weighted by molar-refractivity contribution is 0.100. The lowest BCUT2D eigenvalue weighted by atomic mass is 10.1. The molecule has 17 heavy (non-hydrogen) atoms. The molecule has 2 rings (SSSR count). The second-order valence-electron chi connectivity index (χ2n) is 3.48. The van der Waals surface area contributed by atoms with Gasteiger partial charge in [0.1, 0.15) is 11.4 Å². The lowest BCUT2D eigenvalue weighted by Gasteiger charge is -2.03. The fourth-order valence-electron chi connectivity index (χ4n) is 1.40. The molecular formula is C12H10ClNO3. The molecule has 0 aliphatic rings. The Hall–Kier alpha value is -1.81. The van der Waals surface area contributed by atoms with Gasteiger partial charge in [-0.1, -0.05) is 16.8 Å². The molecule has 0 fully saturated rings. The molecule has 5 heteroatoms. The number of rotatable bonds is 3. The molecule has 1 aromatic carbocycles. The molecule has 2 aromatic rings. The number of carbonyl (C=O) groups excluding carboxylic acids is 1. The van der Waals surface area contributed by atoms with Crippen LogP contribution in [0.5, 0.6) is 5.75 Å². The monoisotopic (exact) mass is 251 g/mol. The van der Waals surface area contributed by atoms with Crippen LogP contribution in [0.3, 0.4) is 0 Å². The van der Waals surface area contributed by atoms with Crippen molar-refractivity contribution in [2.24, 2.45) is 0 Å². The third-order valence-electron chi connectivity index (χ3n) is 2.31. The number of hydrogen-bond acceptors (Lipinski definition) is 4. The van der Waals surface area contributed by atoms with Gasteiger partial charge in [0.05, 0.1) is 12.1 Å². The first kappa shape index (κ1) is 11.7. The predicted molar refractivity (Wildman–Crippen MR) is 63.5 cm³/mol. The molecule has 0 aliphatic carbocycles. The molecule has 0 saturated carbocycles. The molecule has 1 heterocycles. The second-order valence-corrected chi connectivity index (χ2v) is 3.89. The van der Waals surface area contributed by atoms with Crippen LogP contribution in [0.25, 0.3) is 11.3 Å². The Morgan fingerprint density at radius 2 is 2.18 bits per heavy atom. The van der Waals surface area contributed by atoms with Crippen molar-refractivity contribution in [2.75, 3.05) is 7.11 Å². The van der Waals surface area contributed by atoms with E-state index < -0.39 is 0 Å². The summed E-state index contributed by atoms with van der Waals surface area (Å²) in [5.41, 5.74) is 1.04. The molecule has 0 radical (unpaired) electrons. The zero-order valence-electron chi connectivity index (χ0n) is 9.36. The van der Waals surface area contributed by atoms with Crippen molar-refractivity contribution in [3.8, 4) is 17.1 Å². The minimum Gasteiger partial charge on any atom is -0.495 e. The summed E-state index contributed by atoms with van der Waals surface area (Å²) in [7, 11) is 1.54. The number of ketones is 1. The van der Waals surface area contributed by atoms with Crippen LogP contribution < -0.4 is 4.74 Å². The highest BCUT2D eigenvalue weighted by atomic mass is 35.5. The maximum Gasteiger partial charge on any atom is 0.181 e. The smallest absolute Gasteiger partial charge is 0.181 e. The van der Waals surface area contributed by atoms with Crippen molar-refractivity contribution >= 4 is 17.4 Å². The zero-order chi connectivity index (χ0) is 12.4. The molecule has 0 amide bonds. The van der Waals surface area contributed by atoms with E-state index in [0.29, 0.717) is 22.2 Å². The fourth-order valence-corrected chi connectivity index (χ4v) is 1.65. The van der Waals surface area contributed by atoms with Gasteiger partial charge in [-0.05, 0) is 18.2 Å². The van der Waals surface area contributed by atoms with Crippen molar-refractivity contribution in [3.05, 3.63) is 35.0 Å². The maximum absolute atomic E-state index is 11.1. The van der Waals surface area contributed by atoms with Gasteiger partial charge in [0.2, 0.25) is 0 Å². The molecular weight excluding hydrogens is 242 g/mol. The number of halogens is 1. The second kappa shape index (κ2) is 4.59. The van der Waals surface area contributed by atoms with Gasteiger partial charge in [-0.2, -0.15) is 0 Å². The number of nitrogens with zero attached hydrogens (tertiary/aromatic N) is 1. The number of Topliss-reactive ketones (excluding diaryl/α,β-unsaturated/α-hetero) is 1. The van der Waals surface area contributed by atoms with E-state index in [2.05, 4.69) is 5.16 Å². The molecule has 4 nitrogen and oxygen atoms in total. The molecule has 0 N–H and O–H groups in total. The summed E-state index contributed by atoms with van der Waals surface area (Å²) in [4.78, 5) is 11.1. The Morgan fingerprint density at radius 1 is 1.41 bits per heavy atom. The minimum atomic E-state index is -0.139. The summed E-state index contributed by atoms with van der Waals surface area (Å²) in [6, 6.07) is 6.80. The number of aromatic nitrogens is 1. The van der Waals surface area contributed by atoms with E-state index in [1.54, 1.807) is 31.4 Å². The van der Waals surface area contributed by atoms with Gasteiger partial charge in [-0.15, -0.1) is 0 Å². The fraction of sp³-hybridized carbons (Fsp3) is 0.167. The third-order valence-corrected chi connectivity index (χ3v) is 2.60. The number of carbonyl (C=O) groups is 1. The standard InChI is InChI=1S/C12H10ClNO3/c1-7(15)10-6-12(17-14-10)8-3-4-11(16-2)9(13)5-8/h3-6H,1-2H3. The Balaban J connectivity index is 2.39. The van der Waals surface area contributed by atoms with E-state index in [1.165, 1.54) is 6.92 Å². The average Bonchev–Trinajstić information content (AvgIpc) is 2.78. The SMILES string of the molecule is COc1ccc(-c2cc(C(C)=O)no2)cc1Cl. The van der Waals surface area contributed by atoms with E-state index in [-0.39, 0.29) is 5.78 Å². The first-order valence-electron chi connectivity index (χ1n) is 4.93. The minimum absolute atomic E-state index is 0.139. The molecule has 0 bridgehead atoms. The van der Waals surface area contributed by atoms with Gasteiger partial charge in [-0.25, -0.2) is 0 Å². The number of ether oxygens (including phenoxy) is 1. The summed E-state index contributed by atoms with van der Waals surface area (Å²) < 4.78 is 10.1. The maximum atomic E-state index is 11.1. The van der Waals surface area contributed by atoms with Crippen LogP contribution in [0.2, 0.25) is 5.02 Å². The molecule has 88 valence electrons. The summed E-state index contributed by atoms with van der Waals surface area (Å²) in [6.07, 6.45) is 0. The van der Waals surface area contributed by atoms with Crippen LogP contribution in [-0.4, -0.2) is 18.0 Å². The highest BCUT2D eigenvalue weighted by molar-refractivity contribution is 6.32. The first-order chi connectivity index (χ1) is 8.11. The Kier molecular flexibility index (Phi) is 3.15. The number of methoxy groups -OCH3 is 1. The Bertz CT molecular complexity index is 563. The Morgan fingerprint density at radius 3 is 2.71 bits per heavy atom. The largest absolute Gasteiger partial charge is 0.495 e. The van der Waals surface area contributed by atoms with E-state index >= 15 is 0 Å². The van der Waals surface area contributed by atoms with Gasteiger partial charge in [0.15, 0.2) is 11.5 Å². The van der Waals surface area contributed by atoms with Crippen molar-refractivity contribution in [2.45, 2.75) is 6.92 Å². The van der Waals surface area contributed by atoms with E-state index in [1.807, 2.05) is 0 Å². The normalized spacial score (nSPS) is 10.3. The van der Waals surface area contributed by atoms with Crippen LogP contribution in [0.4, 0.5) is 0 Å². The van der Waals surface area contributed by atoms with Crippen molar-refractivity contribution < 1.29 is 14.1 Å². The van der Waals surface area contributed by atoms with E-state index in [4.69, 9.17) is 20.9 Å². The van der Waals surface area contributed by atoms with E-state index in [9.17, 15) is 4.79 Å². The van der Waals surface area contributed by atoms with Crippen LogP contribution in [0.15, 0.2) is 28.8 Å². The van der Waals surface area contributed by atoms with Crippen LogP contribution in [0, 0.1) is 0 Å². The third kappa shape index (κ3) is 2.31. The van der Waals surface area contributed by atoms with Gasteiger partial charge in [0.25, 0.3) is 0 Å². The molecule has 0 spiro atoms. The van der Waals surface area contributed by atoms with Crippen LogP contribution in [0.1, 0.15) is 17.4 Å². The van der Waals surface area contributed by atoms with Crippen molar-refractivity contribution in [3.63, 3.8) is 0 Å². The quantitative estimate of drug-likeness (QED) is 0.786. The molecule has 0 atom stereocenters. The highest BCUT2D eigenvalue weighted by Gasteiger charge is 2.11. The lowest BCUT2D eigenvalue weighted by Crippen LogP contribution is -1.89. The summed E-state index contributed by atoms with van der Waals surface area (Å²) in [6.45, 7) is 1.43. The van der Waals surface area contributed by atoms with Gasteiger partial charge in [0, 0.05) is 18.6 Å². The first-order valence-corrected chi connectivity index (χ1v) is 5.31. The van der Waals surface area contributed by atoms with Crippen LogP contribution in [-0.2, 0) is 0 Å². The topological polar surface area (TPSA) is 52.3 Å². The zero-order valence-corrected chi connectivity index (χ0v) is 10.1. The molecule has 0 aliphatic heterocycles. The van der Waals surface area contributed by atoms with Crippen LogP contribution >= 0.6 is 11.6 Å². The summed E-state index contributed by atoms with van der Waals surface area (Å²) in [5, 5.41) is 4.14. The number of hydrogen-bond donors (Lipinski definition) is 0. The van der Waals surface area contributed by atoms with Gasteiger partial charge in [-0.3, -0.25) is 4.79 Å². The number of benzene rings is 1. The van der Waals surface area contributed by atoms with Gasteiger partial charge < -0.3 is 9.26 Å². The molecule has 1 aromatic heterocycles. The summed E-state index contributed by atoms with van der Waals surface area (Å²) in [5.74, 6) is 0.945. The molecule has 0 saturated heterocycles. The average molecular weight is 252 g/mol. The Labute approximate surface area is 103 Å². The predicted octanol–water partition coefficient (Wildman–Crippen LogP) is 3.21. The van der Waals surface area contributed by atoms with E-state index in [0.717, 1.165) is 5.56 Å². The summed E-state index contributed by atoms with van der Waals surface area (Å²) >= 11 is 5.99. The molecule has 0 unspecified atom stereocenters. The van der Waals surface area contributed by atoms with Crippen molar-refractivity contribution in [1.82, 2.24) is 5.16 Å². The van der Waals surface area contributed by atoms with Crippen molar-refractivity contribution in [1.29, 1.82) is 0 Å². The van der Waals surface area contributed by atoms with Gasteiger partial charge >= 0.3 is 0 Å².